The Bertz CT molecular complexity index is 978. The average Bonchev–Trinajstić information content (AvgIpc) is 2.64. The molecule has 4 N–H and O–H groups in total. The Kier molecular flexibility index (Phi) is 5.50. The number of alkyl halides is 3. The third-order valence-corrected chi connectivity index (χ3v) is 3.95. The van der Waals surface area contributed by atoms with Crippen molar-refractivity contribution in [1.82, 2.24) is 15.0 Å². The molecule has 146 valence electrons. The zero-order valence-electron chi connectivity index (χ0n) is 14.1. The molecule has 28 heavy (non-hydrogen) atoms. The van der Waals surface area contributed by atoms with E-state index in [1.807, 2.05) is 0 Å². The normalized spacial score (nSPS) is 11.3. The van der Waals surface area contributed by atoms with Crippen molar-refractivity contribution in [3.05, 3.63) is 64.8 Å². The summed E-state index contributed by atoms with van der Waals surface area (Å²) in [6.45, 7) is 0.320. The molecule has 0 bridgehead atoms. The van der Waals surface area contributed by atoms with Crippen LogP contribution in [0, 0.1) is 5.82 Å². The van der Waals surface area contributed by atoms with Gasteiger partial charge in [0.05, 0.1) is 10.6 Å². The zero-order valence-corrected chi connectivity index (χ0v) is 14.8. The lowest BCUT2D eigenvalue weighted by molar-refractivity contribution is -0.137. The molecule has 0 saturated carbocycles. The molecule has 3 aromatic rings. The first-order valence-electron chi connectivity index (χ1n) is 7.82. The summed E-state index contributed by atoms with van der Waals surface area (Å²) in [5.74, 6) is 0.0119. The highest BCUT2D eigenvalue weighted by molar-refractivity contribution is 6.33. The minimum atomic E-state index is -4.56. The summed E-state index contributed by atoms with van der Waals surface area (Å²) in [5.41, 5.74) is 5.94. The fraction of sp³-hybridized carbons (Fsp3) is 0.118. The molecule has 3 rings (SSSR count). The predicted octanol–water partition coefficient (Wildman–Crippen LogP) is 4.62. The van der Waals surface area contributed by atoms with E-state index in [-0.39, 0.29) is 34.0 Å². The molecule has 6 nitrogen and oxygen atoms in total. The molecule has 0 amide bonds. The third-order valence-electron chi connectivity index (χ3n) is 3.66. The predicted molar refractivity (Wildman–Crippen MR) is 97.7 cm³/mol. The zero-order chi connectivity index (χ0) is 20.3. The van der Waals surface area contributed by atoms with E-state index in [2.05, 4.69) is 25.6 Å². The molecule has 0 spiro atoms. The van der Waals surface area contributed by atoms with E-state index in [0.717, 1.165) is 11.6 Å². The topological polar surface area (TPSA) is 88.8 Å². The van der Waals surface area contributed by atoms with Gasteiger partial charge in [-0.15, -0.1) is 0 Å². The number of hydrogen-bond donors (Lipinski definition) is 3. The van der Waals surface area contributed by atoms with Crippen LogP contribution in [-0.2, 0) is 12.7 Å². The highest BCUT2D eigenvalue weighted by Crippen LogP contribution is 2.34. The summed E-state index contributed by atoms with van der Waals surface area (Å²) in [6, 6.07) is 6.61. The van der Waals surface area contributed by atoms with Crippen molar-refractivity contribution in [1.29, 1.82) is 0 Å². The van der Waals surface area contributed by atoms with Crippen LogP contribution in [0.5, 0.6) is 0 Å². The molecule has 0 aliphatic heterocycles. The first-order chi connectivity index (χ1) is 13.2. The van der Waals surface area contributed by atoms with E-state index >= 15 is 0 Å². The Morgan fingerprint density at radius 2 is 1.68 bits per heavy atom. The smallest absolute Gasteiger partial charge is 0.393 e. The van der Waals surface area contributed by atoms with Gasteiger partial charge in [0.1, 0.15) is 23.6 Å². The number of nitrogen functional groups attached to an aromatic ring is 1. The molecule has 0 unspecified atom stereocenters. The largest absolute Gasteiger partial charge is 0.417 e. The van der Waals surface area contributed by atoms with Gasteiger partial charge in [-0.05, 0) is 23.8 Å². The number of rotatable bonds is 5. The first-order valence-corrected chi connectivity index (χ1v) is 8.20. The summed E-state index contributed by atoms with van der Waals surface area (Å²) in [7, 11) is 0. The Hall–Kier alpha value is -3.14. The number of anilines is 4. The summed E-state index contributed by atoms with van der Waals surface area (Å²) < 4.78 is 51.1. The summed E-state index contributed by atoms with van der Waals surface area (Å²) in [6.07, 6.45) is -2.69. The van der Waals surface area contributed by atoms with Gasteiger partial charge in [0, 0.05) is 12.7 Å². The monoisotopic (exact) mass is 412 g/mol. The number of aromatic nitrogens is 3. The van der Waals surface area contributed by atoms with Crippen molar-refractivity contribution < 1.29 is 17.6 Å². The number of pyridine rings is 1. The highest BCUT2D eigenvalue weighted by atomic mass is 35.5. The summed E-state index contributed by atoms with van der Waals surface area (Å²) >= 11 is 5.88. The molecule has 0 aliphatic rings. The van der Waals surface area contributed by atoms with Crippen molar-refractivity contribution in [3.63, 3.8) is 0 Å². The van der Waals surface area contributed by atoms with E-state index in [1.54, 1.807) is 12.1 Å². The number of nitrogens with one attached hydrogen (secondary N) is 2. The van der Waals surface area contributed by atoms with Crippen LogP contribution in [0.2, 0.25) is 5.02 Å². The average molecular weight is 413 g/mol. The standard InChI is InChI=1S/C17H13ClF4N6/c18-12-5-10(17(20,21)22)7-25-14(12)28-16-13(23)15(26-8-27-16)24-6-9-1-3-11(19)4-2-9/h1-5,7-8H,6,23H2,(H2,24,25,26,27,28). The van der Waals surface area contributed by atoms with Crippen LogP contribution in [0.15, 0.2) is 42.9 Å². The van der Waals surface area contributed by atoms with E-state index in [4.69, 9.17) is 17.3 Å². The molecule has 2 aromatic heterocycles. The van der Waals surface area contributed by atoms with Crippen LogP contribution >= 0.6 is 11.6 Å². The molecule has 0 atom stereocenters. The third kappa shape index (κ3) is 4.58. The minimum absolute atomic E-state index is 0.0375. The lowest BCUT2D eigenvalue weighted by Gasteiger charge is -2.14. The Morgan fingerprint density at radius 3 is 2.32 bits per heavy atom. The van der Waals surface area contributed by atoms with Gasteiger partial charge in [0.2, 0.25) is 0 Å². The molecule has 0 fully saturated rings. The Labute approximate surface area is 161 Å². The minimum Gasteiger partial charge on any atom is -0.393 e. The maximum absolute atomic E-state index is 12.9. The molecular weight excluding hydrogens is 400 g/mol. The summed E-state index contributed by atoms with van der Waals surface area (Å²) in [4.78, 5) is 11.7. The molecular formula is C17H13ClF4N6. The highest BCUT2D eigenvalue weighted by Gasteiger charge is 2.31. The fourth-order valence-corrected chi connectivity index (χ4v) is 2.43. The van der Waals surface area contributed by atoms with Gasteiger partial charge in [0.25, 0.3) is 0 Å². The van der Waals surface area contributed by atoms with E-state index in [0.29, 0.717) is 12.7 Å². The number of benzene rings is 1. The Morgan fingerprint density at radius 1 is 1.00 bits per heavy atom. The van der Waals surface area contributed by atoms with Crippen LogP contribution in [-0.4, -0.2) is 15.0 Å². The van der Waals surface area contributed by atoms with Gasteiger partial charge in [-0.25, -0.2) is 19.3 Å². The van der Waals surface area contributed by atoms with Gasteiger partial charge >= 0.3 is 6.18 Å². The van der Waals surface area contributed by atoms with Crippen LogP contribution in [0.25, 0.3) is 0 Å². The second-order valence-electron chi connectivity index (χ2n) is 5.64. The van der Waals surface area contributed by atoms with Gasteiger partial charge in [-0.2, -0.15) is 13.2 Å². The maximum Gasteiger partial charge on any atom is 0.417 e. The fourth-order valence-electron chi connectivity index (χ4n) is 2.22. The van der Waals surface area contributed by atoms with Crippen molar-refractivity contribution in [2.24, 2.45) is 0 Å². The van der Waals surface area contributed by atoms with Crippen LogP contribution in [0.3, 0.4) is 0 Å². The van der Waals surface area contributed by atoms with E-state index < -0.39 is 11.7 Å². The summed E-state index contributed by atoms with van der Waals surface area (Å²) in [5, 5.41) is 5.42. The SMILES string of the molecule is Nc1c(NCc2ccc(F)cc2)ncnc1Nc1ncc(C(F)(F)F)cc1Cl. The number of nitrogens with zero attached hydrogens (tertiary/aromatic N) is 3. The van der Waals surface area contributed by atoms with Crippen LogP contribution in [0.4, 0.5) is 40.7 Å². The lowest BCUT2D eigenvalue weighted by atomic mass is 10.2. The van der Waals surface area contributed by atoms with Gasteiger partial charge < -0.3 is 16.4 Å². The number of nitrogens with two attached hydrogens (primary N) is 1. The van der Waals surface area contributed by atoms with Gasteiger partial charge in [-0.1, -0.05) is 23.7 Å². The lowest BCUT2D eigenvalue weighted by Crippen LogP contribution is -2.09. The quantitative estimate of drug-likeness (QED) is 0.530. The molecule has 1 aromatic carbocycles. The first kappa shape index (κ1) is 19.6. The number of halogens is 5. The van der Waals surface area contributed by atoms with Gasteiger partial charge in [-0.3, -0.25) is 0 Å². The van der Waals surface area contributed by atoms with Crippen molar-refractivity contribution in [3.8, 4) is 0 Å². The molecule has 2 heterocycles. The maximum atomic E-state index is 12.9. The second-order valence-corrected chi connectivity index (χ2v) is 6.05. The van der Waals surface area contributed by atoms with E-state index in [1.165, 1.54) is 18.5 Å². The van der Waals surface area contributed by atoms with Crippen molar-refractivity contribution >= 4 is 34.7 Å². The van der Waals surface area contributed by atoms with Gasteiger partial charge in [0.15, 0.2) is 11.6 Å². The van der Waals surface area contributed by atoms with Crippen molar-refractivity contribution in [2.45, 2.75) is 12.7 Å². The molecule has 0 radical (unpaired) electrons. The van der Waals surface area contributed by atoms with Crippen LogP contribution in [0.1, 0.15) is 11.1 Å². The molecule has 0 saturated heterocycles. The number of hydrogen-bond acceptors (Lipinski definition) is 6. The molecule has 11 heteroatoms. The Balaban J connectivity index is 1.76. The molecule has 0 aliphatic carbocycles. The second kappa shape index (κ2) is 7.85. The van der Waals surface area contributed by atoms with Crippen molar-refractivity contribution in [2.75, 3.05) is 16.4 Å². The van der Waals surface area contributed by atoms with E-state index in [9.17, 15) is 17.6 Å². The van der Waals surface area contributed by atoms with Crippen LogP contribution < -0.4 is 16.4 Å².